The normalized spacial score (nSPS) is 23.8. The van der Waals surface area contributed by atoms with Gasteiger partial charge in [0.25, 0.3) is 0 Å². The molecule has 0 bridgehead atoms. The lowest BCUT2D eigenvalue weighted by Gasteiger charge is -2.20. The molecular formula is C16H18BNO. The molecule has 1 aliphatic rings. The Labute approximate surface area is 115 Å². The zero-order valence-corrected chi connectivity index (χ0v) is 11.4. The maximum Gasteiger partial charge on any atom is 0.419 e. The maximum atomic E-state index is 6.28. The molecule has 2 aromatic rings. The fraction of sp³-hybridized carbons (Fsp3) is 0.250. The van der Waals surface area contributed by atoms with E-state index >= 15 is 0 Å². The lowest BCUT2D eigenvalue weighted by Crippen LogP contribution is -2.44. The largest absolute Gasteiger partial charge is 0.419 e. The van der Waals surface area contributed by atoms with Crippen LogP contribution >= 0.6 is 0 Å². The second kappa shape index (κ2) is 5.20. The lowest BCUT2D eigenvalue weighted by molar-refractivity contribution is 0.211. The van der Waals surface area contributed by atoms with E-state index in [9.17, 15) is 0 Å². The molecule has 3 rings (SSSR count). The Bertz CT molecular complexity index is 481. The zero-order chi connectivity index (χ0) is 13.2. The summed E-state index contributed by atoms with van der Waals surface area (Å²) in [6.45, 7) is 2.22. The van der Waals surface area contributed by atoms with Crippen LogP contribution in [-0.2, 0) is 4.65 Å². The van der Waals surface area contributed by atoms with Gasteiger partial charge in [-0.1, -0.05) is 60.7 Å². The van der Waals surface area contributed by atoms with E-state index in [1.54, 1.807) is 0 Å². The van der Waals surface area contributed by atoms with E-state index in [0.29, 0.717) is 6.04 Å². The van der Waals surface area contributed by atoms with E-state index in [2.05, 4.69) is 67.3 Å². The molecule has 96 valence electrons. The molecule has 0 aliphatic carbocycles. The SMILES string of the molecule is CC1C(c2ccccc2)OB(c2ccccc2)N1C. The Morgan fingerprint density at radius 2 is 1.53 bits per heavy atom. The molecule has 0 N–H and O–H groups in total. The molecule has 2 unspecified atom stereocenters. The second-order valence-electron chi connectivity index (χ2n) is 5.14. The summed E-state index contributed by atoms with van der Waals surface area (Å²) in [6, 6.07) is 21.3. The maximum absolute atomic E-state index is 6.28. The third kappa shape index (κ3) is 2.31. The first-order chi connectivity index (χ1) is 9.27. The Morgan fingerprint density at radius 1 is 0.947 bits per heavy atom. The van der Waals surface area contributed by atoms with Crippen LogP contribution in [0, 0.1) is 0 Å². The van der Waals surface area contributed by atoms with Gasteiger partial charge in [0.05, 0.1) is 6.10 Å². The molecule has 2 atom stereocenters. The molecule has 0 aromatic heterocycles. The van der Waals surface area contributed by atoms with E-state index < -0.39 is 0 Å². The predicted molar refractivity (Wildman–Crippen MR) is 79.3 cm³/mol. The minimum Gasteiger partial charge on any atom is -0.409 e. The van der Waals surface area contributed by atoms with Crippen LogP contribution in [-0.4, -0.2) is 25.0 Å². The van der Waals surface area contributed by atoms with Gasteiger partial charge in [-0.2, -0.15) is 0 Å². The fourth-order valence-corrected chi connectivity index (χ4v) is 2.71. The van der Waals surface area contributed by atoms with Gasteiger partial charge in [0.2, 0.25) is 0 Å². The van der Waals surface area contributed by atoms with E-state index in [1.165, 1.54) is 11.0 Å². The van der Waals surface area contributed by atoms with Gasteiger partial charge >= 0.3 is 7.05 Å². The average Bonchev–Trinajstić information content (AvgIpc) is 2.77. The number of rotatable bonds is 2. The summed E-state index contributed by atoms with van der Waals surface area (Å²) in [5.74, 6) is 0. The number of nitrogens with zero attached hydrogens (tertiary/aromatic N) is 1. The van der Waals surface area contributed by atoms with Crippen molar-refractivity contribution in [3.8, 4) is 0 Å². The van der Waals surface area contributed by atoms with Gasteiger partial charge in [0.1, 0.15) is 0 Å². The Morgan fingerprint density at radius 3 is 2.16 bits per heavy atom. The Kier molecular flexibility index (Phi) is 3.41. The molecule has 0 saturated carbocycles. The van der Waals surface area contributed by atoms with Crippen molar-refractivity contribution in [2.24, 2.45) is 0 Å². The van der Waals surface area contributed by atoms with Gasteiger partial charge in [0, 0.05) is 6.04 Å². The molecule has 1 aliphatic heterocycles. The van der Waals surface area contributed by atoms with Crippen molar-refractivity contribution in [2.45, 2.75) is 19.1 Å². The van der Waals surface area contributed by atoms with Crippen LogP contribution in [0.15, 0.2) is 60.7 Å². The molecule has 3 heteroatoms. The third-order valence-corrected chi connectivity index (χ3v) is 3.94. The Balaban J connectivity index is 1.88. The molecule has 2 aromatic carbocycles. The number of likely N-dealkylation sites (N-methyl/N-ethyl adjacent to an activating group) is 1. The lowest BCUT2D eigenvalue weighted by atomic mass is 9.72. The molecule has 1 saturated heterocycles. The second-order valence-corrected chi connectivity index (χ2v) is 5.14. The topological polar surface area (TPSA) is 12.5 Å². The molecule has 19 heavy (non-hydrogen) atoms. The quantitative estimate of drug-likeness (QED) is 0.760. The van der Waals surface area contributed by atoms with Gasteiger partial charge in [-0.25, -0.2) is 0 Å². The fourth-order valence-electron chi connectivity index (χ4n) is 2.71. The molecule has 1 fully saturated rings. The molecule has 1 heterocycles. The van der Waals surface area contributed by atoms with Crippen molar-refractivity contribution in [2.75, 3.05) is 7.05 Å². The van der Waals surface area contributed by atoms with Crippen LogP contribution in [0.1, 0.15) is 18.6 Å². The number of hydrogen-bond donors (Lipinski definition) is 0. The van der Waals surface area contributed by atoms with Crippen LogP contribution in [0.3, 0.4) is 0 Å². The van der Waals surface area contributed by atoms with Crippen molar-refractivity contribution < 1.29 is 4.65 Å². The van der Waals surface area contributed by atoms with Gasteiger partial charge < -0.3 is 9.47 Å². The average molecular weight is 251 g/mol. The summed E-state index contributed by atoms with van der Waals surface area (Å²) in [7, 11) is 2.17. The number of hydrogen-bond acceptors (Lipinski definition) is 2. The van der Waals surface area contributed by atoms with Crippen molar-refractivity contribution in [1.29, 1.82) is 0 Å². The van der Waals surface area contributed by atoms with Crippen molar-refractivity contribution in [1.82, 2.24) is 4.81 Å². The molecule has 0 spiro atoms. The predicted octanol–water partition coefficient (Wildman–Crippen LogP) is 2.47. The highest BCUT2D eigenvalue weighted by Gasteiger charge is 2.42. The standard InChI is InChI=1S/C16H18BNO/c1-13-16(14-9-5-3-6-10-14)19-17(18(13)2)15-11-7-4-8-12-15/h3-13,16H,1-2H3. The molecule has 0 amide bonds. The summed E-state index contributed by atoms with van der Waals surface area (Å²) < 4.78 is 6.28. The van der Waals surface area contributed by atoms with Crippen molar-refractivity contribution in [3.05, 3.63) is 66.2 Å². The monoisotopic (exact) mass is 251 g/mol. The minimum absolute atomic E-state index is 0.0430. The summed E-state index contributed by atoms with van der Waals surface area (Å²) >= 11 is 0. The first-order valence-electron chi connectivity index (χ1n) is 6.74. The summed E-state index contributed by atoms with van der Waals surface area (Å²) in [5.41, 5.74) is 2.47. The van der Waals surface area contributed by atoms with E-state index in [4.69, 9.17) is 4.65 Å². The highest BCUT2D eigenvalue weighted by molar-refractivity contribution is 6.65. The molecule has 2 nitrogen and oxygen atoms in total. The summed E-state index contributed by atoms with van der Waals surface area (Å²) in [4.78, 5) is 2.30. The van der Waals surface area contributed by atoms with Crippen LogP contribution in [0.2, 0.25) is 0 Å². The highest BCUT2D eigenvalue weighted by atomic mass is 16.5. The van der Waals surface area contributed by atoms with Crippen LogP contribution in [0.25, 0.3) is 0 Å². The first kappa shape index (κ1) is 12.5. The summed E-state index contributed by atoms with van der Waals surface area (Å²) in [5, 5.41) is 0. The van der Waals surface area contributed by atoms with Gasteiger partial charge in [-0.3, -0.25) is 0 Å². The molecular weight excluding hydrogens is 233 g/mol. The van der Waals surface area contributed by atoms with Crippen LogP contribution in [0.5, 0.6) is 0 Å². The van der Waals surface area contributed by atoms with Crippen LogP contribution in [0.4, 0.5) is 0 Å². The smallest absolute Gasteiger partial charge is 0.409 e. The highest BCUT2D eigenvalue weighted by Crippen LogP contribution is 2.31. The van der Waals surface area contributed by atoms with E-state index in [0.717, 1.165) is 0 Å². The van der Waals surface area contributed by atoms with E-state index in [1.807, 2.05) is 12.1 Å². The van der Waals surface area contributed by atoms with Crippen molar-refractivity contribution >= 4 is 12.5 Å². The molecule has 0 radical (unpaired) electrons. The van der Waals surface area contributed by atoms with Gasteiger partial charge in [-0.15, -0.1) is 0 Å². The minimum atomic E-state index is 0.0430. The zero-order valence-electron chi connectivity index (χ0n) is 11.4. The van der Waals surface area contributed by atoms with Gasteiger partial charge in [0.15, 0.2) is 0 Å². The van der Waals surface area contributed by atoms with E-state index in [-0.39, 0.29) is 13.2 Å². The van der Waals surface area contributed by atoms with Gasteiger partial charge in [-0.05, 0) is 25.0 Å². The third-order valence-electron chi connectivity index (χ3n) is 3.94. The van der Waals surface area contributed by atoms with Crippen molar-refractivity contribution in [3.63, 3.8) is 0 Å². The summed E-state index contributed by atoms with van der Waals surface area (Å²) in [6.07, 6.45) is 0.136. The van der Waals surface area contributed by atoms with Crippen LogP contribution < -0.4 is 5.46 Å². The first-order valence-corrected chi connectivity index (χ1v) is 6.74. The number of benzene rings is 2. The Hall–Kier alpha value is -1.58.